The van der Waals surface area contributed by atoms with Gasteiger partial charge >= 0.3 is 0 Å². The van der Waals surface area contributed by atoms with Gasteiger partial charge in [0.05, 0.1) is 14.2 Å². The molecule has 0 heterocycles. The fourth-order valence-corrected chi connectivity index (χ4v) is 4.38. The molecule has 0 saturated heterocycles. The Labute approximate surface area is 225 Å². The van der Waals surface area contributed by atoms with E-state index in [2.05, 4.69) is 6.07 Å². The van der Waals surface area contributed by atoms with Gasteiger partial charge in [-0.05, 0) is 71.7 Å². The molecule has 0 aliphatic rings. The van der Waals surface area contributed by atoms with Gasteiger partial charge in [0.1, 0.15) is 13.2 Å². The molecule has 1 unspecified atom stereocenters. The van der Waals surface area contributed by atoms with E-state index in [1.54, 1.807) is 14.2 Å². The minimum atomic E-state index is 0.115. The number of aliphatic hydroxyl groups excluding tert-OH is 1. The fourth-order valence-electron chi connectivity index (χ4n) is 4.38. The van der Waals surface area contributed by atoms with Crippen LogP contribution in [0.3, 0.4) is 0 Å². The molecule has 0 aromatic heterocycles. The van der Waals surface area contributed by atoms with Gasteiger partial charge in [0.15, 0.2) is 23.0 Å². The Balaban J connectivity index is 1.33. The second-order valence-electron chi connectivity index (χ2n) is 9.31. The predicted octanol–water partition coefficient (Wildman–Crippen LogP) is 6.65. The first-order valence-electron chi connectivity index (χ1n) is 13.0. The molecule has 0 spiro atoms. The maximum Gasteiger partial charge on any atom is 0.161 e. The maximum atomic E-state index is 10.1. The lowest BCUT2D eigenvalue weighted by Crippen LogP contribution is -2.11. The molecule has 198 valence electrons. The molecule has 4 aromatic carbocycles. The van der Waals surface area contributed by atoms with Crippen LogP contribution in [0.4, 0.5) is 0 Å². The Kier molecular flexibility index (Phi) is 10.1. The van der Waals surface area contributed by atoms with Crippen LogP contribution in [0.2, 0.25) is 0 Å². The summed E-state index contributed by atoms with van der Waals surface area (Å²) < 4.78 is 23.1. The molecule has 1 atom stereocenters. The summed E-state index contributed by atoms with van der Waals surface area (Å²) in [6.07, 6.45) is 2.43. The van der Waals surface area contributed by atoms with Gasteiger partial charge < -0.3 is 24.1 Å². The largest absolute Gasteiger partial charge is 0.493 e. The van der Waals surface area contributed by atoms with Crippen LogP contribution in [-0.4, -0.2) is 25.9 Å². The summed E-state index contributed by atoms with van der Waals surface area (Å²) >= 11 is 0. The molecule has 5 heteroatoms. The number of benzene rings is 4. The van der Waals surface area contributed by atoms with Gasteiger partial charge in [0.2, 0.25) is 0 Å². The molecule has 5 nitrogen and oxygen atoms in total. The molecule has 4 rings (SSSR count). The zero-order valence-corrected chi connectivity index (χ0v) is 22.1. The van der Waals surface area contributed by atoms with E-state index in [1.807, 2.05) is 91.0 Å². The van der Waals surface area contributed by atoms with E-state index < -0.39 is 0 Å². The smallest absolute Gasteiger partial charge is 0.161 e. The van der Waals surface area contributed by atoms with E-state index in [1.165, 1.54) is 0 Å². The molecular weight excluding hydrogens is 476 g/mol. The van der Waals surface area contributed by atoms with E-state index in [0.29, 0.717) is 24.7 Å². The van der Waals surface area contributed by atoms with E-state index >= 15 is 0 Å². The van der Waals surface area contributed by atoms with Gasteiger partial charge in [0.25, 0.3) is 0 Å². The molecule has 0 aliphatic heterocycles. The van der Waals surface area contributed by atoms with E-state index in [9.17, 15) is 5.11 Å². The van der Waals surface area contributed by atoms with E-state index in [4.69, 9.17) is 18.9 Å². The number of aliphatic hydroxyl groups is 1. The van der Waals surface area contributed by atoms with Crippen LogP contribution in [0.25, 0.3) is 0 Å². The average Bonchev–Trinajstić information content (AvgIpc) is 2.98. The summed E-state index contributed by atoms with van der Waals surface area (Å²) in [6, 6.07) is 32.2. The van der Waals surface area contributed by atoms with Crippen molar-refractivity contribution in [3.63, 3.8) is 0 Å². The first-order valence-corrected chi connectivity index (χ1v) is 13.0. The second kappa shape index (κ2) is 14.1. The molecule has 4 aromatic rings. The van der Waals surface area contributed by atoms with Crippen LogP contribution in [0.1, 0.15) is 28.7 Å². The monoisotopic (exact) mass is 512 g/mol. The van der Waals surface area contributed by atoms with Crippen molar-refractivity contribution in [3.8, 4) is 23.0 Å². The Morgan fingerprint density at radius 3 is 1.58 bits per heavy atom. The van der Waals surface area contributed by atoms with Crippen LogP contribution in [-0.2, 0) is 26.1 Å². The summed E-state index contributed by atoms with van der Waals surface area (Å²) in [5.41, 5.74) is 4.47. The zero-order chi connectivity index (χ0) is 26.6. The molecule has 0 aliphatic carbocycles. The summed E-state index contributed by atoms with van der Waals surface area (Å²) in [5, 5.41) is 10.1. The first-order chi connectivity index (χ1) is 18.7. The highest BCUT2D eigenvalue weighted by atomic mass is 16.5. The highest BCUT2D eigenvalue weighted by Crippen LogP contribution is 2.32. The van der Waals surface area contributed by atoms with Crippen LogP contribution >= 0.6 is 0 Å². The Hall–Kier alpha value is -3.96. The van der Waals surface area contributed by atoms with Crippen molar-refractivity contribution >= 4 is 0 Å². The fraction of sp³-hybridized carbons (Fsp3) is 0.273. The quantitative estimate of drug-likeness (QED) is 0.205. The highest BCUT2D eigenvalue weighted by Gasteiger charge is 2.14. The number of methoxy groups -OCH3 is 2. The van der Waals surface area contributed by atoms with Crippen LogP contribution in [0.5, 0.6) is 23.0 Å². The van der Waals surface area contributed by atoms with Crippen molar-refractivity contribution in [2.75, 3.05) is 20.8 Å². The van der Waals surface area contributed by atoms with Gasteiger partial charge in [-0.2, -0.15) is 0 Å². The van der Waals surface area contributed by atoms with Gasteiger partial charge in [-0.1, -0.05) is 72.8 Å². The molecule has 1 N–H and O–H groups in total. The Morgan fingerprint density at radius 1 is 0.579 bits per heavy atom. The van der Waals surface area contributed by atoms with Crippen molar-refractivity contribution in [2.24, 2.45) is 5.92 Å². The normalized spacial score (nSPS) is 11.6. The summed E-state index contributed by atoms with van der Waals surface area (Å²) in [5.74, 6) is 2.97. The van der Waals surface area contributed by atoms with Gasteiger partial charge in [-0.15, -0.1) is 0 Å². The van der Waals surface area contributed by atoms with E-state index in [-0.39, 0.29) is 12.5 Å². The second-order valence-corrected chi connectivity index (χ2v) is 9.31. The summed E-state index contributed by atoms with van der Waals surface area (Å²) in [6.45, 7) is 1.09. The number of hydrogen-bond acceptors (Lipinski definition) is 5. The molecule has 0 fully saturated rings. The predicted molar refractivity (Wildman–Crippen MR) is 150 cm³/mol. The first kappa shape index (κ1) is 27.1. The average molecular weight is 513 g/mol. The molecule has 0 saturated carbocycles. The minimum Gasteiger partial charge on any atom is -0.493 e. The Bertz CT molecular complexity index is 1260. The van der Waals surface area contributed by atoms with Crippen molar-refractivity contribution in [3.05, 3.63) is 119 Å². The summed E-state index contributed by atoms with van der Waals surface area (Å²) in [4.78, 5) is 0. The number of aryl methyl sites for hydroxylation is 1. The van der Waals surface area contributed by atoms with Crippen LogP contribution < -0.4 is 18.9 Å². The Morgan fingerprint density at radius 2 is 1.08 bits per heavy atom. The molecular formula is C33H36O5. The van der Waals surface area contributed by atoms with Gasteiger partial charge in [-0.25, -0.2) is 0 Å². The van der Waals surface area contributed by atoms with Crippen molar-refractivity contribution < 1.29 is 24.1 Å². The lowest BCUT2D eigenvalue weighted by atomic mass is 9.93. The van der Waals surface area contributed by atoms with Crippen LogP contribution in [0, 0.1) is 5.92 Å². The molecule has 0 amide bonds. The third-order valence-electron chi connectivity index (χ3n) is 6.55. The minimum absolute atomic E-state index is 0.115. The van der Waals surface area contributed by atoms with Crippen molar-refractivity contribution in [2.45, 2.75) is 32.5 Å². The summed E-state index contributed by atoms with van der Waals surface area (Å²) in [7, 11) is 3.31. The zero-order valence-electron chi connectivity index (χ0n) is 22.1. The van der Waals surface area contributed by atoms with Gasteiger partial charge in [-0.3, -0.25) is 0 Å². The standard InChI is InChI=1S/C33H36O5/c1-35-32-20-25(15-17-30(32)37-23-26-9-5-3-6-10-26)13-14-29(22-34)19-28-16-18-31(33(21-28)36-2)38-24-27-11-7-4-8-12-27/h3-12,15-18,20-21,29,34H,13-14,19,22-24H2,1-2H3. The topological polar surface area (TPSA) is 57.2 Å². The number of ether oxygens (including phenoxy) is 4. The lowest BCUT2D eigenvalue weighted by Gasteiger charge is -2.17. The van der Waals surface area contributed by atoms with Crippen molar-refractivity contribution in [1.29, 1.82) is 0 Å². The van der Waals surface area contributed by atoms with Crippen molar-refractivity contribution in [1.82, 2.24) is 0 Å². The SMILES string of the molecule is COc1cc(CCC(CO)Cc2ccc(OCc3ccccc3)c(OC)c2)ccc1OCc1ccccc1. The molecule has 0 bridgehead atoms. The van der Waals surface area contributed by atoms with Gasteiger partial charge in [0, 0.05) is 6.61 Å². The number of hydrogen-bond donors (Lipinski definition) is 1. The lowest BCUT2D eigenvalue weighted by molar-refractivity contribution is 0.218. The molecule has 38 heavy (non-hydrogen) atoms. The third-order valence-corrected chi connectivity index (χ3v) is 6.55. The maximum absolute atomic E-state index is 10.1. The third kappa shape index (κ3) is 7.77. The highest BCUT2D eigenvalue weighted by molar-refractivity contribution is 5.44. The van der Waals surface area contributed by atoms with Crippen LogP contribution in [0.15, 0.2) is 97.1 Å². The number of rotatable bonds is 14. The van der Waals surface area contributed by atoms with E-state index in [0.717, 1.165) is 53.0 Å². The molecule has 0 radical (unpaired) electrons.